The van der Waals surface area contributed by atoms with Crippen LogP contribution in [0.5, 0.6) is 11.5 Å². The van der Waals surface area contributed by atoms with Gasteiger partial charge in [0.15, 0.2) is 17.5 Å². The first-order chi connectivity index (χ1) is 13.1. The number of benzene rings is 1. The van der Waals surface area contributed by atoms with Gasteiger partial charge in [-0.25, -0.2) is 0 Å². The summed E-state index contributed by atoms with van der Waals surface area (Å²) in [5, 5.41) is 11.2. The first kappa shape index (κ1) is 22.3. The van der Waals surface area contributed by atoms with E-state index in [-0.39, 0.29) is 24.0 Å². The molecule has 2 heterocycles. The van der Waals surface area contributed by atoms with Gasteiger partial charge in [-0.2, -0.15) is 5.10 Å². The maximum absolute atomic E-state index is 5.44. The van der Waals surface area contributed by atoms with E-state index in [0.717, 1.165) is 55.6 Å². The van der Waals surface area contributed by atoms with Crippen LogP contribution >= 0.6 is 24.0 Å². The number of aliphatic imine (C=N–C) groups is 1. The van der Waals surface area contributed by atoms with Crippen LogP contribution in [0.4, 0.5) is 0 Å². The van der Waals surface area contributed by atoms with Crippen LogP contribution in [0, 0.1) is 13.8 Å². The fourth-order valence-electron chi connectivity index (χ4n) is 3.22. The van der Waals surface area contributed by atoms with Crippen molar-refractivity contribution in [3.8, 4) is 11.5 Å². The Morgan fingerprint density at radius 1 is 1.18 bits per heavy atom. The quantitative estimate of drug-likeness (QED) is 0.348. The van der Waals surface area contributed by atoms with Gasteiger partial charge in [0.2, 0.25) is 6.79 Å². The lowest BCUT2D eigenvalue weighted by molar-refractivity contribution is 0.174. The van der Waals surface area contributed by atoms with E-state index in [0.29, 0.717) is 6.79 Å². The first-order valence-electron chi connectivity index (χ1n) is 9.48. The minimum absolute atomic E-state index is 0. The van der Waals surface area contributed by atoms with Crippen LogP contribution in [-0.2, 0) is 19.9 Å². The summed E-state index contributed by atoms with van der Waals surface area (Å²) in [6.07, 6.45) is 1.78. The molecule has 1 aliphatic heterocycles. The van der Waals surface area contributed by atoms with Gasteiger partial charge in [0.25, 0.3) is 0 Å². The van der Waals surface area contributed by atoms with Gasteiger partial charge in [0, 0.05) is 32.4 Å². The number of guanidine groups is 1. The monoisotopic (exact) mass is 499 g/mol. The van der Waals surface area contributed by atoms with Crippen molar-refractivity contribution < 1.29 is 9.47 Å². The molecular formula is C20H30IN5O2. The normalized spacial score (nSPS) is 12.6. The van der Waals surface area contributed by atoms with Crippen LogP contribution < -0.4 is 20.1 Å². The molecular weight excluding hydrogens is 469 g/mol. The Kier molecular flexibility index (Phi) is 8.40. The lowest BCUT2D eigenvalue weighted by Crippen LogP contribution is -2.38. The van der Waals surface area contributed by atoms with E-state index in [1.54, 1.807) is 0 Å². The van der Waals surface area contributed by atoms with E-state index in [9.17, 15) is 0 Å². The summed E-state index contributed by atoms with van der Waals surface area (Å²) in [6, 6.07) is 6.09. The Morgan fingerprint density at radius 2 is 1.96 bits per heavy atom. The number of hydrogen-bond acceptors (Lipinski definition) is 4. The van der Waals surface area contributed by atoms with Crippen molar-refractivity contribution >= 4 is 29.9 Å². The van der Waals surface area contributed by atoms with Crippen molar-refractivity contribution in [3.05, 3.63) is 40.7 Å². The second kappa shape index (κ2) is 10.5. The summed E-state index contributed by atoms with van der Waals surface area (Å²) in [5.41, 5.74) is 4.80. The Bertz CT molecular complexity index is 819. The molecule has 0 amide bonds. The fourth-order valence-corrected chi connectivity index (χ4v) is 3.22. The van der Waals surface area contributed by atoms with E-state index in [1.165, 1.54) is 16.8 Å². The molecule has 1 aromatic heterocycles. The number of fused-ring (bicyclic) bond motifs is 1. The van der Waals surface area contributed by atoms with Crippen molar-refractivity contribution in [3.63, 3.8) is 0 Å². The third-order valence-electron chi connectivity index (χ3n) is 4.78. The molecule has 28 heavy (non-hydrogen) atoms. The van der Waals surface area contributed by atoms with Gasteiger partial charge in [-0.05, 0) is 56.9 Å². The second-order valence-electron chi connectivity index (χ2n) is 6.65. The lowest BCUT2D eigenvalue weighted by atomic mass is 10.1. The maximum atomic E-state index is 5.44. The first-order valence-corrected chi connectivity index (χ1v) is 9.48. The Hall–Kier alpha value is -1.97. The van der Waals surface area contributed by atoms with Crippen LogP contribution in [0.15, 0.2) is 23.2 Å². The predicted octanol–water partition coefficient (Wildman–Crippen LogP) is 2.72. The van der Waals surface area contributed by atoms with Crippen molar-refractivity contribution in [2.75, 3.05) is 26.4 Å². The minimum Gasteiger partial charge on any atom is -0.454 e. The molecule has 8 heteroatoms. The number of nitrogens with one attached hydrogen (secondary N) is 2. The Morgan fingerprint density at radius 3 is 2.68 bits per heavy atom. The summed E-state index contributed by atoms with van der Waals surface area (Å²) >= 11 is 0. The molecule has 0 saturated carbocycles. The van der Waals surface area contributed by atoms with Crippen molar-refractivity contribution in [2.45, 2.75) is 33.6 Å². The van der Waals surface area contributed by atoms with Crippen molar-refractivity contribution in [1.29, 1.82) is 0 Å². The fraction of sp³-hybridized carbons (Fsp3) is 0.500. The highest BCUT2D eigenvalue weighted by molar-refractivity contribution is 14.0. The van der Waals surface area contributed by atoms with Crippen molar-refractivity contribution in [2.24, 2.45) is 12.0 Å². The van der Waals surface area contributed by atoms with Gasteiger partial charge >= 0.3 is 0 Å². The summed E-state index contributed by atoms with van der Waals surface area (Å²) < 4.78 is 12.7. The molecule has 3 rings (SSSR count). The van der Waals surface area contributed by atoms with Gasteiger partial charge in [-0.15, -0.1) is 24.0 Å². The summed E-state index contributed by atoms with van der Waals surface area (Å²) in [5.74, 6) is 2.50. The van der Waals surface area contributed by atoms with E-state index in [1.807, 2.05) is 23.9 Å². The van der Waals surface area contributed by atoms with Gasteiger partial charge in [0.05, 0.1) is 5.69 Å². The Balaban J connectivity index is 0.00000280. The standard InChI is InChI=1S/C20H29N5O2.HI/c1-5-21-20(23-11-9-17-14(2)24-25(4)15(17)3)22-10-8-16-6-7-18-19(12-16)27-13-26-18;/h6-7,12H,5,8-11,13H2,1-4H3,(H2,21,22,23);1H. The number of ether oxygens (including phenoxy) is 2. The lowest BCUT2D eigenvalue weighted by Gasteiger charge is -2.11. The molecule has 7 nitrogen and oxygen atoms in total. The highest BCUT2D eigenvalue weighted by Crippen LogP contribution is 2.32. The van der Waals surface area contributed by atoms with Crippen LogP contribution in [0.25, 0.3) is 0 Å². The van der Waals surface area contributed by atoms with E-state index < -0.39 is 0 Å². The molecule has 0 spiro atoms. The van der Waals surface area contributed by atoms with E-state index in [4.69, 9.17) is 14.5 Å². The molecule has 0 atom stereocenters. The summed E-state index contributed by atoms with van der Waals surface area (Å²) in [7, 11) is 1.98. The number of rotatable bonds is 7. The molecule has 2 aromatic rings. The maximum Gasteiger partial charge on any atom is 0.231 e. The molecule has 1 aromatic carbocycles. The third kappa shape index (κ3) is 5.52. The number of nitrogens with zero attached hydrogens (tertiary/aromatic N) is 3. The Labute approximate surface area is 183 Å². The van der Waals surface area contributed by atoms with Crippen LogP contribution in [-0.4, -0.2) is 42.2 Å². The van der Waals surface area contributed by atoms with Gasteiger partial charge in [-0.1, -0.05) is 6.07 Å². The summed E-state index contributed by atoms with van der Waals surface area (Å²) in [6.45, 7) is 8.91. The predicted molar refractivity (Wildman–Crippen MR) is 122 cm³/mol. The number of hydrogen-bond donors (Lipinski definition) is 2. The van der Waals surface area contributed by atoms with Crippen molar-refractivity contribution in [1.82, 2.24) is 20.4 Å². The van der Waals surface area contributed by atoms with Crippen LogP contribution in [0.2, 0.25) is 0 Å². The molecule has 0 saturated heterocycles. The smallest absolute Gasteiger partial charge is 0.231 e. The highest BCUT2D eigenvalue weighted by Gasteiger charge is 2.13. The zero-order valence-electron chi connectivity index (χ0n) is 17.0. The topological polar surface area (TPSA) is 72.7 Å². The molecule has 0 aliphatic carbocycles. The molecule has 2 N–H and O–H groups in total. The van der Waals surface area contributed by atoms with Crippen LogP contribution in [0.1, 0.15) is 29.4 Å². The molecule has 154 valence electrons. The zero-order valence-corrected chi connectivity index (χ0v) is 19.4. The molecule has 0 fully saturated rings. The molecule has 0 radical (unpaired) electrons. The highest BCUT2D eigenvalue weighted by atomic mass is 127. The average Bonchev–Trinajstić information content (AvgIpc) is 3.20. The second-order valence-corrected chi connectivity index (χ2v) is 6.65. The largest absolute Gasteiger partial charge is 0.454 e. The average molecular weight is 499 g/mol. The van der Waals surface area contributed by atoms with Gasteiger partial charge < -0.3 is 20.1 Å². The van der Waals surface area contributed by atoms with Gasteiger partial charge in [-0.3, -0.25) is 9.67 Å². The minimum atomic E-state index is 0. The summed E-state index contributed by atoms with van der Waals surface area (Å²) in [4.78, 5) is 4.70. The molecule has 0 bridgehead atoms. The third-order valence-corrected chi connectivity index (χ3v) is 4.78. The number of aryl methyl sites for hydroxylation is 2. The van der Waals surface area contributed by atoms with Crippen LogP contribution in [0.3, 0.4) is 0 Å². The number of aromatic nitrogens is 2. The number of halogens is 1. The van der Waals surface area contributed by atoms with Gasteiger partial charge in [0.1, 0.15) is 0 Å². The molecule has 0 unspecified atom stereocenters. The zero-order chi connectivity index (χ0) is 19.2. The molecule has 1 aliphatic rings. The SMILES string of the molecule is CCNC(=NCCc1c(C)nn(C)c1C)NCCc1ccc2c(c1)OCO2.I. The van der Waals surface area contributed by atoms with E-state index in [2.05, 4.69) is 42.6 Å². The van der Waals surface area contributed by atoms with E-state index >= 15 is 0 Å².